The second kappa shape index (κ2) is 10.4. The standard InChI is InChI=1S/C31H29N3O6S/c1-6-38-30(36)27-18(3)32-31-34(28(27)22-9-7-8-10-23(22)37-5)29(35)26(41-31)14-20-13-17(2)33(19(20)4)21-11-12-24-25(15-21)40-16-39-24/h7-15,28H,6,16H2,1-5H3/b26-14+/t28-/m0/s1. The van der Waals surface area contributed by atoms with Gasteiger partial charge in [-0.1, -0.05) is 29.5 Å². The number of rotatable bonds is 6. The quantitative estimate of drug-likeness (QED) is 0.326. The van der Waals surface area contributed by atoms with E-state index in [4.69, 9.17) is 18.9 Å². The molecule has 10 heteroatoms. The van der Waals surface area contributed by atoms with Gasteiger partial charge in [0.2, 0.25) is 6.79 Å². The van der Waals surface area contributed by atoms with Crippen LogP contribution in [0, 0.1) is 13.8 Å². The number of fused-ring (bicyclic) bond motifs is 2. The van der Waals surface area contributed by atoms with Crippen molar-refractivity contribution in [3.63, 3.8) is 0 Å². The third-order valence-corrected chi connectivity index (χ3v) is 8.30. The first-order chi connectivity index (χ1) is 19.8. The summed E-state index contributed by atoms with van der Waals surface area (Å²) in [6.07, 6.45) is 1.89. The van der Waals surface area contributed by atoms with Crippen LogP contribution in [0.1, 0.15) is 42.4 Å². The van der Waals surface area contributed by atoms with E-state index in [0.717, 1.165) is 28.4 Å². The molecule has 0 saturated carbocycles. The van der Waals surface area contributed by atoms with Crippen molar-refractivity contribution in [2.75, 3.05) is 20.5 Å². The zero-order valence-corrected chi connectivity index (χ0v) is 24.2. The van der Waals surface area contributed by atoms with Gasteiger partial charge >= 0.3 is 5.97 Å². The Morgan fingerprint density at radius 2 is 1.90 bits per heavy atom. The van der Waals surface area contributed by atoms with Crippen LogP contribution in [0.15, 0.2) is 69.6 Å². The highest BCUT2D eigenvalue weighted by atomic mass is 32.1. The molecule has 0 saturated heterocycles. The van der Waals surface area contributed by atoms with Crippen LogP contribution in [0.25, 0.3) is 11.8 Å². The molecular formula is C31H29N3O6S. The fourth-order valence-electron chi connectivity index (χ4n) is 5.47. The minimum atomic E-state index is -0.746. The topological polar surface area (TPSA) is 93.3 Å². The number of thiazole rings is 1. The normalized spacial score (nSPS) is 16.0. The molecule has 2 aliphatic rings. The summed E-state index contributed by atoms with van der Waals surface area (Å²) >= 11 is 1.29. The van der Waals surface area contributed by atoms with Crippen LogP contribution in [-0.4, -0.2) is 35.6 Å². The number of methoxy groups -OCH3 is 1. The predicted octanol–water partition coefficient (Wildman–Crippen LogP) is 3.94. The number of allylic oxidation sites excluding steroid dienone is 1. The monoisotopic (exact) mass is 571 g/mol. The minimum Gasteiger partial charge on any atom is -0.496 e. The highest BCUT2D eigenvalue weighted by Crippen LogP contribution is 2.36. The lowest BCUT2D eigenvalue weighted by molar-refractivity contribution is -0.139. The Kier molecular flexibility index (Phi) is 6.78. The van der Waals surface area contributed by atoms with E-state index in [1.807, 2.05) is 68.5 Å². The molecular weight excluding hydrogens is 542 g/mol. The summed E-state index contributed by atoms with van der Waals surface area (Å²) in [5, 5.41) is 0. The first-order valence-corrected chi connectivity index (χ1v) is 14.1. The van der Waals surface area contributed by atoms with Crippen LogP contribution < -0.4 is 29.1 Å². The number of benzene rings is 2. The van der Waals surface area contributed by atoms with Crippen LogP contribution in [0.3, 0.4) is 0 Å². The number of aryl methyl sites for hydroxylation is 1. The van der Waals surface area contributed by atoms with E-state index in [1.54, 1.807) is 25.5 Å². The lowest BCUT2D eigenvalue weighted by atomic mass is 9.95. The maximum atomic E-state index is 14.1. The molecule has 210 valence electrons. The molecule has 6 rings (SSSR count). The Balaban J connectivity index is 1.51. The van der Waals surface area contributed by atoms with Crippen LogP contribution in [-0.2, 0) is 9.53 Å². The van der Waals surface area contributed by atoms with Gasteiger partial charge in [-0.05, 0) is 63.6 Å². The van der Waals surface area contributed by atoms with Crippen molar-refractivity contribution in [1.29, 1.82) is 0 Å². The molecule has 2 aromatic carbocycles. The second-order valence-corrected chi connectivity index (χ2v) is 10.8. The van der Waals surface area contributed by atoms with Crippen molar-refractivity contribution in [3.8, 4) is 22.9 Å². The second-order valence-electron chi connectivity index (χ2n) is 9.74. The number of ether oxygens (including phenoxy) is 4. The summed E-state index contributed by atoms with van der Waals surface area (Å²) in [6.45, 7) is 7.97. The van der Waals surface area contributed by atoms with Gasteiger partial charge in [-0.15, -0.1) is 0 Å². The fourth-order valence-corrected chi connectivity index (χ4v) is 6.51. The van der Waals surface area contributed by atoms with Gasteiger partial charge in [0.05, 0.1) is 29.5 Å². The highest BCUT2D eigenvalue weighted by Gasteiger charge is 2.35. The van der Waals surface area contributed by atoms with Gasteiger partial charge in [-0.2, -0.15) is 0 Å². The Morgan fingerprint density at radius 3 is 2.68 bits per heavy atom. The number of hydrogen-bond donors (Lipinski definition) is 0. The van der Waals surface area contributed by atoms with Crippen LogP contribution in [0.5, 0.6) is 17.2 Å². The summed E-state index contributed by atoms with van der Waals surface area (Å²) in [7, 11) is 1.57. The average Bonchev–Trinajstić information content (AvgIpc) is 3.63. The largest absolute Gasteiger partial charge is 0.496 e. The SMILES string of the molecule is CCOC(=O)C1=C(C)N=c2s/c(=C/c3cc(C)n(-c4ccc5c(c4)OCO5)c3C)c(=O)n2[C@H]1c1ccccc1OC. The zero-order chi connectivity index (χ0) is 28.8. The summed E-state index contributed by atoms with van der Waals surface area (Å²) < 4.78 is 26.3. The fraction of sp³-hybridized carbons (Fsp3) is 0.258. The number of hydrogen-bond acceptors (Lipinski definition) is 8. The molecule has 0 bridgehead atoms. The molecule has 0 aliphatic carbocycles. The van der Waals surface area contributed by atoms with Crippen LogP contribution >= 0.6 is 11.3 Å². The van der Waals surface area contributed by atoms with Crippen molar-refractivity contribution in [1.82, 2.24) is 9.13 Å². The van der Waals surface area contributed by atoms with E-state index < -0.39 is 12.0 Å². The van der Waals surface area contributed by atoms with Crippen molar-refractivity contribution in [2.24, 2.45) is 4.99 Å². The number of carbonyl (C=O) groups excluding carboxylic acids is 1. The van der Waals surface area contributed by atoms with Crippen LogP contribution in [0.2, 0.25) is 0 Å². The molecule has 4 heterocycles. The predicted molar refractivity (Wildman–Crippen MR) is 155 cm³/mol. The first-order valence-electron chi connectivity index (χ1n) is 13.2. The highest BCUT2D eigenvalue weighted by molar-refractivity contribution is 7.07. The Morgan fingerprint density at radius 1 is 1.12 bits per heavy atom. The van der Waals surface area contributed by atoms with E-state index in [1.165, 1.54) is 11.3 Å². The maximum Gasteiger partial charge on any atom is 0.338 e. The van der Waals surface area contributed by atoms with Crippen molar-refractivity contribution >= 4 is 23.4 Å². The molecule has 2 aromatic heterocycles. The van der Waals surface area contributed by atoms with Gasteiger partial charge in [-0.3, -0.25) is 9.36 Å². The smallest absolute Gasteiger partial charge is 0.338 e. The third kappa shape index (κ3) is 4.44. The molecule has 41 heavy (non-hydrogen) atoms. The molecule has 0 N–H and O–H groups in total. The number of aromatic nitrogens is 2. The molecule has 2 aliphatic heterocycles. The lowest BCUT2D eigenvalue weighted by Crippen LogP contribution is -2.40. The number of carbonyl (C=O) groups is 1. The molecule has 9 nitrogen and oxygen atoms in total. The molecule has 0 fully saturated rings. The van der Waals surface area contributed by atoms with Gasteiger partial charge in [0.25, 0.3) is 5.56 Å². The first kappa shape index (κ1) is 26.6. The van der Waals surface area contributed by atoms with Crippen molar-refractivity contribution in [3.05, 3.63) is 102 Å². The van der Waals surface area contributed by atoms with Crippen LogP contribution in [0.4, 0.5) is 0 Å². The summed E-state index contributed by atoms with van der Waals surface area (Å²) in [5.74, 6) is 1.48. The van der Waals surface area contributed by atoms with E-state index in [-0.39, 0.29) is 19.0 Å². The molecule has 0 spiro atoms. The number of esters is 1. The van der Waals surface area contributed by atoms with Crippen molar-refractivity contribution < 1.29 is 23.7 Å². The molecule has 1 atom stereocenters. The Labute approximate surface area is 240 Å². The zero-order valence-electron chi connectivity index (χ0n) is 23.4. The van der Waals surface area contributed by atoms with Gasteiger partial charge in [-0.25, -0.2) is 9.79 Å². The minimum absolute atomic E-state index is 0.206. The Bertz CT molecular complexity index is 1910. The van der Waals surface area contributed by atoms with E-state index in [0.29, 0.717) is 37.7 Å². The number of nitrogens with zero attached hydrogens (tertiary/aromatic N) is 3. The lowest BCUT2D eigenvalue weighted by Gasteiger charge is -2.25. The third-order valence-electron chi connectivity index (χ3n) is 7.32. The van der Waals surface area contributed by atoms with E-state index in [2.05, 4.69) is 9.56 Å². The maximum absolute atomic E-state index is 14.1. The molecule has 0 radical (unpaired) electrons. The average molecular weight is 572 g/mol. The van der Waals surface area contributed by atoms with Gasteiger partial charge < -0.3 is 23.5 Å². The van der Waals surface area contributed by atoms with Gasteiger partial charge in [0.1, 0.15) is 11.8 Å². The Hall–Kier alpha value is -4.57. The van der Waals surface area contributed by atoms with Gasteiger partial charge in [0, 0.05) is 28.7 Å². The molecule has 0 amide bonds. The van der Waals surface area contributed by atoms with E-state index in [9.17, 15) is 9.59 Å². The van der Waals surface area contributed by atoms with Gasteiger partial charge in [0.15, 0.2) is 16.3 Å². The summed E-state index contributed by atoms with van der Waals surface area (Å²) in [5.41, 5.74) is 5.08. The molecule has 4 aromatic rings. The summed E-state index contributed by atoms with van der Waals surface area (Å²) in [6, 6.07) is 14.5. The summed E-state index contributed by atoms with van der Waals surface area (Å²) in [4.78, 5) is 32.4. The number of para-hydroxylation sites is 1. The van der Waals surface area contributed by atoms with E-state index >= 15 is 0 Å². The van der Waals surface area contributed by atoms with Crippen molar-refractivity contribution in [2.45, 2.75) is 33.7 Å². The molecule has 0 unspecified atom stereocenters.